The van der Waals surface area contributed by atoms with Crippen LogP contribution in [0.15, 0.2) is 164 Å². The molecule has 0 amide bonds. The van der Waals surface area contributed by atoms with Crippen molar-refractivity contribution in [2.75, 3.05) is 0 Å². The third kappa shape index (κ3) is 3.39. The maximum Gasteiger partial charge on any atom is 0.0713 e. The second-order valence-electron chi connectivity index (χ2n) is 13.7. The van der Waals surface area contributed by atoms with Crippen molar-refractivity contribution < 1.29 is 0 Å². The molecule has 0 radical (unpaired) electrons. The highest BCUT2D eigenvalue weighted by molar-refractivity contribution is 6.12. The third-order valence-electron chi connectivity index (χ3n) is 11.1. The molecule has 222 valence electrons. The van der Waals surface area contributed by atoms with Gasteiger partial charge in [0.15, 0.2) is 0 Å². The summed E-state index contributed by atoms with van der Waals surface area (Å²) >= 11 is 0. The zero-order chi connectivity index (χ0) is 31.3. The largest absolute Gasteiger partial charge is 0.309 e. The molecule has 7 aromatic carbocycles. The molecule has 0 saturated heterocycles. The highest BCUT2D eigenvalue weighted by Gasteiger charge is 2.46. The van der Waals surface area contributed by atoms with Gasteiger partial charge in [-0.3, -0.25) is 0 Å². The van der Waals surface area contributed by atoms with Gasteiger partial charge in [-0.05, 0) is 79.9 Å². The first-order valence-electron chi connectivity index (χ1n) is 16.6. The van der Waals surface area contributed by atoms with Crippen molar-refractivity contribution >= 4 is 21.8 Å². The molecule has 0 atom stereocenters. The van der Waals surface area contributed by atoms with E-state index in [4.69, 9.17) is 0 Å². The van der Waals surface area contributed by atoms with Gasteiger partial charge >= 0.3 is 0 Å². The Balaban J connectivity index is 1.24. The smallest absolute Gasteiger partial charge is 0.0713 e. The van der Waals surface area contributed by atoms with Gasteiger partial charge in [0.2, 0.25) is 0 Å². The van der Waals surface area contributed by atoms with Gasteiger partial charge in [-0.2, -0.15) is 0 Å². The van der Waals surface area contributed by atoms with Crippen molar-refractivity contribution in [3.63, 3.8) is 0 Å². The SMILES string of the molecule is CC1(C)c2ccccc2-n2c3ccc(-c4ccc5c(c4)C(c4ccccc4)(c4ccccc4)c4ccccc4-5)cc3c3cccc1c32. The number of hydrogen-bond acceptors (Lipinski definition) is 0. The van der Waals surface area contributed by atoms with Gasteiger partial charge in [0.25, 0.3) is 0 Å². The molecule has 1 aromatic heterocycles. The van der Waals surface area contributed by atoms with E-state index in [0.29, 0.717) is 0 Å². The van der Waals surface area contributed by atoms with E-state index < -0.39 is 5.41 Å². The molecule has 0 N–H and O–H groups in total. The molecule has 0 unspecified atom stereocenters. The average Bonchev–Trinajstić information content (AvgIpc) is 3.62. The molecule has 0 fully saturated rings. The maximum absolute atomic E-state index is 2.50. The van der Waals surface area contributed by atoms with Crippen LogP contribution in [0, 0.1) is 0 Å². The summed E-state index contributed by atoms with van der Waals surface area (Å²) < 4.78 is 2.50. The molecule has 0 spiro atoms. The summed E-state index contributed by atoms with van der Waals surface area (Å²) in [5.74, 6) is 0. The molecule has 0 bridgehead atoms. The fourth-order valence-electron chi connectivity index (χ4n) is 8.97. The quantitative estimate of drug-likeness (QED) is 0.190. The van der Waals surface area contributed by atoms with E-state index in [1.165, 1.54) is 83.1 Å². The van der Waals surface area contributed by atoms with E-state index in [-0.39, 0.29) is 5.41 Å². The Hall–Kier alpha value is -5.66. The van der Waals surface area contributed by atoms with Crippen LogP contribution in [0.2, 0.25) is 0 Å². The third-order valence-corrected chi connectivity index (χ3v) is 11.1. The van der Waals surface area contributed by atoms with Crippen LogP contribution in [0.1, 0.15) is 47.2 Å². The summed E-state index contributed by atoms with van der Waals surface area (Å²) in [5.41, 5.74) is 16.5. The molecule has 8 aromatic rings. The minimum atomic E-state index is -0.409. The molecule has 1 aliphatic carbocycles. The molecule has 47 heavy (non-hydrogen) atoms. The minimum Gasteiger partial charge on any atom is -0.309 e. The molecular formula is C46H33N. The van der Waals surface area contributed by atoms with E-state index >= 15 is 0 Å². The fraction of sp³-hybridized carbons (Fsp3) is 0.0870. The Labute approximate surface area is 275 Å². The van der Waals surface area contributed by atoms with Gasteiger partial charge in [0, 0.05) is 16.2 Å². The van der Waals surface area contributed by atoms with Crippen LogP contribution in [-0.2, 0) is 10.8 Å². The van der Waals surface area contributed by atoms with Crippen LogP contribution < -0.4 is 0 Å². The normalized spacial score (nSPS) is 14.9. The second kappa shape index (κ2) is 9.44. The average molecular weight is 600 g/mol. The summed E-state index contributed by atoms with van der Waals surface area (Å²) in [5, 5.41) is 2.62. The van der Waals surface area contributed by atoms with Gasteiger partial charge in [0.1, 0.15) is 0 Å². The van der Waals surface area contributed by atoms with Crippen molar-refractivity contribution in [3.05, 3.63) is 197 Å². The first kappa shape index (κ1) is 26.5. The Kier molecular flexibility index (Phi) is 5.33. The number of rotatable bonds is 3. The summed E-state index contributed by atoms with van der Waals surface area (Å²) in [6.45, 7) is 4.73. The number of hydrogen-bond donors (Lipinski definition) is 0. The van der Waals surface area contributed by atoms with E-state index in [0.717, 1.165) is 0 Å². The topological polar surface area (TPSA) is 4.93 Å². The van der Waals surface area contributed by atoms with Gasteiger partial charge in [-0.15, -0.1) is 0 Å². The minimum absolute atomic E-state index is 0.0729. The van der Waals surface area contributed by atoms with Gasteiger partial charge in [-0.1, -0.05) is 153 Å². The number of nitrogens with zero attached hydrogens (tertiary/aromatic N) is 1. The number of aromatic nitrogens is 1. The predicted octanol–water partition coefficient (Wildman–Crippen LogP) is 11.5. The summed E-state index contributed by atoms with van der Waals surface area (Å²) in [6, 6.07) is 61.1. The molecule has 1 aliphatic heterocycles. The Morgan fingerprint density at radius 1 is 0.426 bits per heavy atom. The monoisotopic (exact) mass is 599 g/mol. The second-order valence-corrected chi connectivity index (χ2v) is 13.7. The fourth-order valence-corrected chi connectivity index (χ4v) is 8.97. The summed E-state index contributed by atoms with van der Waals surface area (Å²) in [4.78, 5) is 0. The molecule has 2 heterocycles. The molecule has 0 saturated carbocycles. The van der Waals surface area contributed by atoms with Crippen molar-refractivity contribution in [1.29, 1.82) is 0 Å². The highest BCUT2D eigenvalue weighted by Crippen LogP contribution is 2.57. The van der Waals surface area contributed by atoms with Gasteiger partial charge in [-0.25, -0.2) is 0 Å². The molecule has 1 heteroatoms. The van der Waals surface area contributed by atoms with Crippen LogP contribution in [0.4, 0.5) is 0 Å². The Morgan fingerprint density at radius 3 is 1.79 bits per heavy atom. The lowest BCUT2D eigenvalue weighted by atomic mass is 9.67. The van der Waals surface area contributed by atoms with E-state index in [1.807, 2.05) is 0 Å². The number of fused-ring (bicyclic) bond motifs is 8. The summed E-state index contributed by atoms with van der Waals surface area (Å²) in [7, 11) is 0. The zero-order valence-electron chi connectivity index (χ0n) is 26.5. The Bertz CT molecular complexity index is 2490. The first-order chi connectivity index (χ1) is 23.1. The maximum atomic E-state index is 2.50. The van der Waals surface area contributed by atoms with Crippen molar-refractivity contribution in [2.24, 2.45) is 0 Å². The zero-order valence-corrected chi connectivity index (χ0v) is 26.5. The van der Waals surface area contributed by atoms with Crippen LogP contribution in [0.3, 0.4) is 0 Å². The lowest BCUT2D eigenvalue weighted by Gasteiger charge is -2.34. The number of benzene rings is 7. The van der Waals surface area contributed by atoms with Crippen molar-refractivity contribution in [1.82, 2.24) is 4.57 Å². The predicted molar refractivity (Wildman–Crippen MR) is 196 cm³/mol. The van der Waals surface area contributed by atoms with Crippen LogP contribution >= 0.6 is 0 Å². The number of para-hydroxylation sites is 2. The van der Waals surface area contributed by atoms with Crippen LogP contribution in [0.25, 0.3) is 49.7 Å². The van der Waals surface area contributed by atoms with E-state index in [9.17, 15) is 0 Å². The standard InChI is InChI=1S/C46H33N/c1-45(2)39-21-11-12-23-43(39)47-42-27-25-30(28-37(42)36-19-13-22-40(45)44(36)47)31-24-26-35-34-18-9-10-20-38(34)46(41(35)29-31,32-14-5-3-6-15-32)33-16-7-4-8-17-33/h3-29H,1-2H3. The van der Waals surface area contributed by atoms with Crippen LogP contribution in [0.5, 0.6) is 0 Å². The van der Waals surface area contributed by atoms with E-state index in [2.05, 4.69) is 182 Å². The molecule has 2 aliphatic rings. The molecular weight excluding hydrogens is 567 g/mol. The lowest BCUT2D eigenvalue weighted by molar-refractivity contribution is 0.630. The lowest BCUT2D eigenvalue weighted by Crippen LogP contribution is -2.28. The molecule has 10 rings (SSSR count). The Morgan fingerprint density at radius 2 is 1.02 bits per heavy atom. The summed E-state index contributed by atoms with van der Waals surface area (Å²) in [6.07, 6.45) is 0. The highest BCUT2D eigenvalue weighted by atomic mass is 15.0. The van der Waals surface area contributed by atoms with Crippen molar-refractivity contribution in [3.8, 4) is 27.9 Å². The first-order valence-corrected chi connectivity index (χ1v) is 16.6. The van der Waals surface area contributed by atoms with Crippen LogP contribution in [-0.4, -0.2) is 4.57 Å². The molecule has 1 nitrogen and oxygen atoms in total. The van der Waals surface area contributed by atoms with Gasteiger partial charge in [0.05, 0.1) is 22.1 Å². The van der Waals surface area contributed by atoms with Gasteiger partial charge < -0.3 is 4.57 Å². The van der Waals surface area contributed by atoms with Crippen molar-refractivity contribution in [2.45, 2.75) is 24.7 Å². The van der Waals surface area contributed by atoms with E-state index in [1.54, 1.807) is 0 Å².